The van der Waals surface area contributed by atoms with E-state index in [0.29, 0.717) is 12.4 Å². The first-order chi connectivity index (χ1) is 14.3. The van der Waals surface area contributed by atoms with Crippen LogP contribution in [0.5, 0.6) is 5.75 Å². The fourth-order valence-electron chi connectivity index (χ4n) is 2.94. The molecule has 0 aliphatic carbocycles. The van der Waals surface area contributed by atoms with Crippen molar-refractivity contribution in [1.82, 2.24) is 30.0 Å². The molecule has 0 saturated carbocycles. The third-order valence-corrected chi connectivity index (χ3v) is 5.67. The summed E-state index contributed by atoms with van der Waals surface area (Å²) in [6, 6.07) is 18.2. The van der Waals surface area contributed by atoms with Crippen molar-refractivity contribution in [3.05, 3.63) is 71.9 Å². The minimum Gasteiger partial charge on any atom is -0.497 e. The second kappa shape index (κ2) is 8.91. The Hall–Kier alpha value is -3.13. The van der Waals surface area contributed by atoms with Crippen molar-refractivity contribution in [2.24, 2.45) is 0 Å². The summed E-state index contributed by atoms with van der Waals surface area (Å²) in [5.41, 5.74) is 3.26. The van der Waals surface area contributed by atoms with Gasteiger partial charge in [-0.1, -0.05) is 42.5 Å². The molecular weight excluding hydrogens is 384 g/mol. The van der Waals surface area contributed by atoms with E-state index in [2.05, 4.69) is 51.7 Å². The number of methoxy groups -OCH3 is 1. The highest BCUT2D eigenvalue weighted by Gasteiger charge is 2.17. The third-order valence-electron chi connectivity index (χ3n) is 4.49. The molecule has 2 aromatic carbocycles. The van der Waals surface area contributed by atoms with Gasteiger partial charge in [0.15, 0.2) is 0 Å². The van der Waals surface area contributed by atoms with Crippen molar-refractivity contribution in [3.63, 3.8) is 0 Å². The number of nitrogens with zero attached hydrogens (tertiary/aromatic N) is 6. The first-order valence-corrected chi connectivity index (χ1v) is 10.4. The molecule has 0 amide bonds. The van der Waals surface area contributed by atoms with Crippen LogP contribution in [0, 0.1) is 0 Å². The number of hydrogen-bond acceptors (Lipinski definition) is 6. The number of thioether (sulfide) groups is 1. The van der Waals surface area contributed by atoms with E-state index in [9.17, 15) is 0 Å². The molecule has 7 nitrogen and oxygen atoms in total. The molecular formula is C21H22N6OS. The van der Waals surface area contributed by atoms with E-state index < -0.39 is 0 Å². The maximum absolute atomic E-state index is 5.20. The zero-order valence-corrected chi connectivity index (χ0v) is 17.2. The lowest BCUT2D eigenvalue weighted by Gasteiger charge is -2.06. The Morgan fingerprint density at radius 2 is 1.79 bits per heavy atom. The minimum absolute atomic E-state index is 0.547. The van der Waals surface area contributed by atoms with Crippen LogP contribution >= 0.6 is 11.8 Å². The lowest BCUT2D eigenvalue weighted by Crippen LogP contribution is -2.04. The normalized spacial score (nSPS) is 11.0. The van der Waals surface area contributed by atoms with Crippen molar-refractivity contribution in [3.8, 4) is 17.1 Å². The van der Waals surface area contributed by atoms with Gasteiger partial charge < -0.3 is 4.74 Å². The number of aryl methyl sites for hydroxylation is 1. The summed E-state index contributed by atoms with van der Waals surface area (Å²) < 4.78 is 7.18. The molecule has 8 heteroatoms. The first kappa shape index (κ1) is 19.2. The van der Waals surface area contributed by atoms with Crippen molar-refractivity contribution in [2.75, 3.05) is 7.11 Å². The van der Waals surface area contributed by atoms with Crippen LogP contribution in [0.25, 0.3) is 11.4 Å². The average Bonchev–Trinajstić information content (AvgIpc) is 3.40. The number of aromatic nitrogens is 6. The van der Waals surface area contributed by atoms with E-state index in [1.807, 2.05) is 41.2 Å². The molecule has 0 aliphatic heterocycles. The molecule has 29 heavy (non-hydrogen) atoms. The molecule has 0 aliphatic rings. The minimum atomic E-state index is 0.547. The summed E-state index contributed by atoms with van der Waals surface area (Å²) >= 11 is 1.74. The maximum Gasteiger partial charge on any atom is 0.209 e. The molecule has 0 fully saturated rings. The van der Waals surface area contributed by atoms with Gasteiger partial charge in [-0.15, -0.1) is 22.0 Å². The fourth-order valence-corrected chi connectivity index (χ4v) is 4.06. The number of ether oxygens (including phenoxy) is 1. The van der Waals surface area contributed by atoms with E-state index in [4.69, 9.17) is 4.74 Å². The molecule has 2 aromatic heterocycles. The van der Waals surface area contributed by atoms with E-state index in [1.54, 1.807) is 23.7 Å². The second-order valence-corrected chi connectivity index (χ2v) is 7.41. The highest BCUT2D eigenvalue weighted by Crippen LogP contribution is 2.31. The maximum atomic E-state index is 5.20. The lowest BCUT2D eigenvalue weighted by atomic mass is 10.2. The Labute approximate surface area is 173 Å². The zero-order chi connectivity index (χ0) is 20.1. The standard InChI is InChI=1S/C21H22N6OS/c1-3-26-21(29-15-17-7-5-4-6-8-17)19(13-22-26)20-23-25-27(24-20)14-16-9-11-18(28-2)12-10-16/h4-13H,3,14-15H2,1-2H3. The predicted molar refractivity (Wildman–Crippen MR) is 113 cm³/mol. The molecule has 0 atom stereocenters. The lowest BCUT2D eigenvalue weighted by molar-refractivity contribution is 0.414. The van der Waals surface area contributed by atoms with Crippen molar-refractivity contribution in [2.45, 2.75) is 30.8 Å². The van der Waals surface area contributed by atoms with Gasteiger partial charge in [-0.2, -0.15) is 9.90 Å². The van der Waals surface area contributed by atoms with E-state index in [0.717, 1.165) is 34.2 Å². The van der Waals surface area contributed by atoms with Crippen LogP contribution in [0.2, 0.25) is 0 Å². The zero-order valence-electron chi connectivity index (χ0n) is 16.4. The summed E-state index contributed by atoms with van der Waals surface area (Å²) in [5, 5.41) is 18.6. The number of hydrogen-bond donors (Lipinski definition) is 0. The van der Waals surface area contributed by atoms with Gasteiger partial charge in [0.05, 0.1) is 25.4 Å². The fraction of sp³-hybridized carbons (Fsp3) is 0.238. The Morgan fingerprint density at radius 3 is 2.52 bits per heavy atom. The van der Waals surface area contributed by atoms with Crippen LogP contribution in [0.4, 0.5) is 0 Å². The molecule has 4 aromatic rings. The van der Waals surface area contributed by atoms with Gasteiger partial charge in [0, 0.05) is 12.3 Å². The smallest absolute Gasteiger partial charge is 0.209 e. The highest BCUT2D eigenvalue weighted by molar-refractivity contribution is 7.98. The third kappa shape index (κ3) is 4.48. The van der Waals surface area contributed by atoms with Crippen LogP contribution in [-0.4, -0.2) is 37.1 Å². The molecule has 0 N–H and O–H groups in total. The van der Waals surface area contributed by atoms with Crippen LogP contribution < -0.4 is 4.74 Å². The van der Waals surface area contributed by atoms with Crippen LogP contribution in [0.15, 0.2) is 65.8 Å². The number of benzene rings is 2. The summed E-state index contributed by atoms with van der Waals surface area (Å²) in [7, 11) is 1.66. The van der Waals surface area contributed by atoms with Gasteiger partial charge in [-0.3, -0.25) is 4.68 Å². The average molecular weight is 407 g/mol. The quantitative estimate of drug-likeness (QED) is 0.413. The molecule has 0 saturated heterocycles. The van der Waals surface area contributed by atoms with Gasteiger partial charge in [0.25, 0.3) is 0 Å². The summed E-state index contributed by atoms with van der Waals surface area (Å²) in [5.74, 6) is 2.28. The van der Waals surface area contributed by atoms with E-state index in [1.165, 1.54) is 5.56 Å². The van der Waals surface area contributed by atoms with Crippen molar-refractivity contribution >= 4 is 11.8 Å². The van der Waals surface area contributed by atoms with Gasteiger partial charge in [-0.05, 0) is 35.4 Å². The monoisotopic (exact) mass is 406 g/mol. The summed E-state index contributed by atoms with van der Waals surface area (Å²) in [6.07, 6.45) is 1.82. The molecule has 0 spiro atoms. The molecule has 0 unspecified atom stereocenters. The summed E-state index contributed by atoms with van der Waals surface area (Å²) in [4.78, 5) is 1.60. The molecule has 148 valence electrons. The van der Waals surface area contributed by atoms with E-state index >= 15 is 0 Å². The Kier molecular flexibility index (Phi) is 5.90. The molecule has 0 radical (unpaired) electrons. The van der Waals surface area contributed by atoms with Crippen molar-refractivity contribution < 1.29 is 4.74 Å². The topological polar surface area (TPSA) is 70.7 Å². The Balaban J connectivity index is 1.53. The van der Waals surface area contributed by atoms with Gasteiger partial charge in [0.1, 0.15) is 10.8 Å². The van der Waals surface area contributed by atoms with E-state index in [-0.39, 0.29) is 0 Å². The predicted octanol–water partition coefficient (Wildman–Crippen LogP) is 3.91. The number of tetrazole rings is 1. The Bertz CT molecular complexity index is 1060. The van der Waals surface area contributed by atoms with Gasteiger partial charge in [0.2, 0.25) is 5.82 Å². The first-order valence-electron chi connectivity index (χ1n) is 9.40. The van der Waals surface area contributed by atoms with Crippen LogP contribution in [0.3, 0.4) is 0 Å². The summed E-state index contributed by atoms with van der Waals surface area (Å²) in [6.45, 7) is 3.42. The van der Waals surface area contributed by atoms with Crippen molar-refractivity contribution in [1.29, 1.82) is 0 Å². The highest BCUT2D eigenvalue weighted by atomic mass is 32.2. The molecule has 2 heterocycles. The largest absolute Gasteiger partial charge is 0.497 e. The number of rotatable bonds is 8. The SMILES string of the molecule is CCn1ncc(-c2nnn(Cc3ccc(OC)cc3)n2)c1SCc1ccccc1. The van der Waals surface area contributed by atoms with Crippen LogP contribution in [0.1, 0.15) is 18.1 Å². The molecule has 4 rings (SSSR count). The molecule has 0 bridgehead atoms. The second-order valence-electron chi connectivity index (χ2n) is 6.44. The Morgan fingerprint density at radius 1 is 1.00 bits per heavy atom. The van der Waals surface area contributed by atoms with Gasteiger partial charge >= 0.3 is 0 Å². The van der Waals surface area contributed by atoms with Crippen LogP contribution in [-0.2, 0) is 18.8 Å². The van der Waals surface area contributed by atoms with Gasteiger partial charge in [-0.25, -0.2) is 0 Å².